The molecule has 10 heteroatoms. The van der Waals surface area contributed by atoms with Crippen LogP contribution >= 0.6 is 7.82 Å². The molecule has 2 unspecified atom stereocenters. The fourth-order valence-electron chi connectivity index (χ4n) is 4.72. The third kappa shape index (κ3) is 37.3. The molecule has 0 aromatic rings. The topological polar surface area (TPSA) is 112 Å². The largest absolute Gasteiger partial charge is 0.472 e. The average Bonchev–Trinajstić information content (AvgIpc) is 3.09. The van der Waals surface area contributed by atoms with Crippen LogP contribution in [0.4, 0.5) is 0 Å². The minimum absolute atomic E-state index is 0.00516. The summed E-state index contributed by atoms with van der Waals surface area (Å²) in [6, 6.07) is 0. The Labute approximate surface area is 311 Å². The summed E-state index contributed by atoms with van der Waals surface area (Å²) >= 11 is 0. The van der Waals surface area contributed by atoms with Crippen LogP contribution in [0.15, 0.2) is 60.8 Å². The highest BCUT2D eigenvalue weighted by Gasteiger charge is 2.26. The molecule has 0 amide bonds. The lowest BCUT2D eigenvalue weighted by Crippen LogP contribution is -2.29. The first-order chi connectivity index (χ1) is 24.7. The van der Waals surface area contributed by atoms with E-state index < -0.39 is 32.5 Å². The van der Waals surface area contributed by atoms with Gasteiger partial charge >= 0.3 is 19.8 Å². The van der Waals surface area contributed by atoms with E-state index in [-0.39, 0.29) is 26.1 Å². The van der Waals surface area contributed by atoms with Gasteiger partial charge in [0.05, 0.1) is 13.2 Å². The van der Waals surface area contributed by atoms with Crippen molar-refractivity contribution in [2.45, 2.75) is 148 Å². The van der Waals surface area contributed by atoms with E-state index in [1.54, 1.807) is 4.90 Å². The highest BCUT2D eigenvalue weighted by atomic mass is 31.2. The van der Waals surface area contributed by atoms with E-state index in [2.05, 4.69) is 74.6 Å². The number of likely N-dealkylation sites (N-methyl/N-ethyl adjacent to an activating group) is 1. The van der Waals surface area contributed by atoms with Crippen molar-refractivity contribution in [3.8, 4) is 0 Å². The van der Waals surface area contributed by atoms with E-state index in [0.717, 1.165) is 64.2 Å². The van der Waals surface area contributed by atoms with Gasteiger partial charge in [-0.1, -0.05) is 120 Å². The minimum Gasteiger partial charge on any atom is -0.462 e. The third-order valence-corrected chi connectivity index (χ3v) is 8.78. The summed E-state index contributed by atoms with van der Waals surface area (Å²) in [5.41, 5.74) is 0. The number of carbonyl (C=O) groups is 2. The molecule has 0 fully saturated rings. The summed E-state index contributed by atoms with van der Waals surface area (Å²) in [7, 11) is -0.744. The Kier molecular flexibility index (Phi) is 34.5. The molecule has 0 aromatic carbocycles. The van der Waals surface area contributed by atoms with Gasteiger partial charge in [0.2, 0.25) is 0 Å². The van der Waals surface area contributed by atoms with Crippen molar-refractivity contribution in [3.63, 3.8) is 0 Å². The highest BCUT2D eigenvalue weighted by molar-refractivity contribution is 7.47. The van der Waals surface area contributed by atoms with Gasteiger partial charge in [0.15, 0.2) is 6.10 Å². The smallest absolute Gasteiger partial charge is 0.462 e. The van der Waals surface area contributed by atoms with E-state index in [4.69, 9.17) is 18.5 Å². The van der Waals surface area contributed by atoms with E-state index in [1.807, 2.05) is 14.1 Å². The first-order valence-electron chi connectivity index (χ1n) is 19.6. The molecule has 0 rings (SSSR count). The van der Waals surface area contributed by atoms with Crippen LogP contribution in [0.5, 0.6) is 0 Å². The van der Waals surface area contributed by atoms with Gasteiger partial charge in [-0.3, -0.25) is 18.6 Å². The van der Waals surface area contributed by atoms with Crippen LogP contribution in [-0.2, 0) is 32.7 Å². The van der Waals surface area contributed by atoms with Gasteiger partial charge in [0.1, 0.15) is 6.61 Å². The molecular weight excluding hydrogens is 665 g/mol. The summed E-state index contributed by atoms with van der Waals surface area (Å²) < 4.78 is 33.3. The second-order valence-electron chi connectivity index (χ2n) is 13.1. The molecule has 0 saturated heterocycles. The Morgan fingerprint density at radius 2 is 1.10 bits per heavy atom. The Hall–Kier alpha value is -2.29. The second kappa shape index (κ2) is 36.1. The molecule has 0 bridgehead atoms. The number of phosphoric ester groups is 1. The molecule has 0 radical (unpaired) electrons. The standard InChI is InChI=1S/C41H72NO8P/c1-5-7-9-11-13-15-17-18-19-20-21-22-24-25-27-29-31-33-40(43)47-37-39(38-49-51(45,46)48-36-35-42(3)4)50-41(44)34-32-30-28-26-23-16-14-12-10-8-6-2/h12-15,18-19,21-22,25,27,39H,5-11,16-17,20,23-24,26,28-38H2,1-4H3,(H,45,46)/b14-12-,15-13-,19-18-,22-21-,27-25-. The van der Waals surface area contributed by atoms with Gasteiger partial charge < -0.3 is 19.3 Å². The number of hydrogen-bond donors (Lipinski definition) is 1. The molecule has 0 heterocycles. The van der Waals surface area contributed by atoms with E-state index >= 15 is 0 Å². The van der Waals surface area contributed by atoms with Crippen molar-refractivity contribution in [2.75, 3.05) is 40.5 Å². The molecule has 9 nitrogen and oxygen atoms in total. The number of ether oxygens (including phenoxy) is 2. The van der Waals surface area contributed by atoms with Crippen LogP contribution in [0, 0.1) is 0 Å². The molecule has 0 spiro atoms. The molecule has 0 aliphatic heterocycles. The Bertz CT molecular complexity index is 1040. The summed E-state index contributed by atoms with van der Waals surface area (Å²) in [5.74, 6) is -0.887. The molecule has 294 valence electrons. The fraction of sp³-hybridized carbons (Fsp3) is 0.707. The molecular formula is C41H72NO8P. The van der Waals surface area contributed by atoms with Crippen molar-refractivity contribution in [3.05, 3.63) is 60.8 Å². The molecule has 51 heavy (non-hydrogen) atoms. The molecule has 0 aromatic heterocycles. The fourth-order valence-corrected chi connectivity index (χ4v) is 5.46. The number of allylic oxidation sites excluding steroid dienone is 10. The van der Waals surface area contributed by atoms with E-state index in [1.165, 1.54) is 38.5 Å². The van der Waals surface area contributed by atoms with Crippen LogP contribution in [0.3, 0.4) is 0 Å². The molecule has 2 atom stereocenters. The summed E-state index contributed by atoms with van der Waals surface area (Å²) in [4.78, 5) is 36.8. The van der Waals surface area contributed by atoms with Gasteiger partial charge in [-0.25, -0.2) is 4.57 Å². The van der Waals surface area contributed by atoms with Crippen molar-refractivity contribution >= 4 is 19.8 Å². The Balaban J connectivity index is 4.46. The van der Waals surface area contributed by atoms with Crippen LogP contribution in [0.2, 0.25) is 0 Å². The van der Waals surface area contributed by atoms with Crippen molar-refractivity contribution in [1.82, 2.24) is 4.90 Å². The number of nitrogens with zero attached hydrogens (tertiary/aromatic N) is 1. The zero-order valence-electron chi connectivity index (χ0n) is 32.5. The third-order valence-electron chi connectivity index (χ3n) is 7.80. The van der Waals surface area contributed by atoms with Gasteiger partial charge in [0.25, 0.3) is 0 Å². The lowest BCUT2D eigenvalue weighted by atomic mass is 10.1. The normalized spacial score (nSPS) is 14.2. The van der Waals surface area contributed by atoms with Gasteiger partial charge in [-0.2, -0.15) is 0 Å². The SMILES string of the molecule is CCCC/C=C\CCCCCCCC(=O)OC(COC(=O)CCC/C=C\C/C=C\C/C=C\C/C=C\CCCCC)COP(=O)(O)OCCN(C)C. The zero-order chi connectivity index (χ0) is 37.7. The van der Waals surface area contributed by atoms with Crippen LogP contribution in [-0.4, -0.2) is 68.3 Å². The number of carbonyl (C=O) groups excluding carboxylic acids is 2. The van der Waals surface area contributed by atoms with E-state index in [9.17, 15) is 19.0 Å². The monoisotopic (exact) mass is 737 g/mol. The lowest BCUT2D eigenvalue weighted by Gasteiger charge is -2.20. The maximum Gasteiger partial charge on any atom is 0.472 e. The Morgan fingerprint density at radius 3 is 1.71 bits per heavy atom. The number of hydrogen-bond acceptors (Lipinski definition) is 8. The van der Waals surface area contributed by atoms with Gasteiger partial charge in [0, 0.05) is 19.4 Å². The number of rotatable bonds is 35. The molecule has 0 aliphatic carbocycles. The molecule has 0 aliphatic rings. The van der Waals surface area contributed by atoms with Crippen LogP contribution in [0.1, 0.15) is 142 Å². The van der Waals surface area contributed by atoms with Crippen molar-refractivity contribution in [2.24, 2.45) is 0 Å². The second-order valence-corrected chi connectivity index (χ2v) is 14.6. The van der Waals surface area contributed by atoms with Gasteiger partial charge in [-0.15, -0.1) is 0 Å². The van der Waals surface area contributed by atoms with Crippen molar-refractivity contribution in [1.29, 1.82) is 0 Å². The summed E-state index contributed by atoms with van der Waals surface area (Å²) in [6.07, 6.45) is 39.9. The number of phosphoric acid groups is 1. The predicted molar refractivity (Wildman–Crippen MR) is 211 cm³/mol. The number of esters is 2. The first kappa shape index (κ1) is 48.7. The first-order valence-corrected chi connectivity index (χ1v) is 21.1. The van der Waals surface area contributed by atoms with Crippen LogP contribution in [0.25, 0.3) is 0 Å². The predicted octanol–water partition coefficient (Wildman–Crippen LogP) is 10.8. The van der Waals surface area contributed by atoms with Gasteiger partial charge in [-0.05, 0) is 84.7 Å². The maximum absolute atomic E-state index is 12.6. The van der Waals surface area contributed by atoms with E-state index in [0.29, 0.717) is 19.4 Å². The maximum atomic E-state index is 12.6. The average molecular weight is 738 g/mol. The van der Waals surface area contributed by atoms with Crippen LogP contribution < -0.4 is 0 Å². The Morgan fingerprint density at radius 1 is 0.608 bits per heavy atom. The minimum atomic E-state index is -4.37. The molecule has 0 saturated carbocycles. The lowest BCUT2D eigenvalue weighted by molar-refractivity contribution is -0.161. The summed E-state index contributed by atoms with van der Waals surface area (Å²) in [6.45, 7) is 4.15. The quantitative estimate of drug-likeness (QED) is 0.0294. The highest BCUT2D eigenvalue weighted by Crippen LogP contribution is 2.43. The number of unbranched alkanes of at least 4 members (excludes halogenated alkanes) is 11. The summed E-state index contributed by atoms with van der Waals surface area (Å²) in [5, 5.41) is 0. The zero-order valence-corrected chi connectivity index (χ0v) is 33.4. The van der Waals surface area contributed by atoms with Crippen molar-refractivity contribution < 1.29 is 37.6 Å². The molecule has 1 N–H and O–H groups in total.